The lowest BCUT2D eigenvalue weighted by molar-refractivity contribution is -0.152. The molecule has 9 nitrogen and oxygen atoms in total. The van der Waals surface area contributed by atoms with Crippen molar-refractivity contribution >= 4 is 27.9 Å². The Morgan fingerprint density at radius 2 is 1.92 bits per heavy atom. The number of hydrogen-bond acceptors (Lipinski definition) is 7. The number of benzene rings is 1. The second kappa shape index (κ2) is 8.77. The maximum Gasteiger partial charge on any atom is 0.318 e. The molecule has 1 unspecified atom stereocenters. The van der Waals surface area contributed by atoms with Gasteiger partial charge in [0.1, 0.15) is 21.9 Å². The summed E-state index contributed by atoms with van der Waals surface area (Å²) in [6.45, 7) is 1.88. The highest BCUT2D eigenvalue weighted by atomic mass is 32.2. The van der Waals surface area contributed by atoms with E-state index in [2.05, 4.69) is 20.1 Å². The number of pyridine rings is 1. The molecule has 0 spiro atoms. The van der Waals surface area contributed by atoms with Crippen LogP contribution in [0, 0.1) is 11.2 Å². The molecule has 1 N–H and O–H groups in total. The van der Waals surface area contributed by atoms with E-state index < -0.39 is 33.1 Å². The molecule has 2 saturated heterocycles. The first-order valence-corrected chi connectivity index (χ1v) is 13.6. The first-order chi connectivity index (χ1) is 17.8. The lowest BCUT2D eigenvalue weighted by Crippen LogP contribution is -2.55. The Hall–Kier alpha value is -3.57. The van der Waals surface area contributed by atoms with Crippen molar-refractivity contribution in [1.82, 2.24) is 19.5 Å². The van der Waals surface area contributed by atoms with Gasteiger partial charge in [0.05, 0.1) is 19.0 Å². The third-order valence-corrected chi connectivity index (χ3v) is 9.57. The minimum absolute atomic E-state index is 0.0716. The number of fused-ring (bicyclic) bond motifs is 2. The zero-order valence-corrected chi connectivity index (χ0v) is 21.0. The second-order valence-corrected chi connectivity index (χ2v) is 11.6. The van der Waals surface area contributed by atoms with E-state index in [1.54, 1.807) is 30.5 Å². The molecule has 0 radical (unpaired) electrons. The van der Waals surface area contributed by atoms with Gasteiger partial charge in [-0.2, -0.15) is 9.40 Å². The van der Waals surface area contributed by atoms with Gasteiger partial charge in [0.2, 0.25) is 10.0 Å². The Morgan fingerprint density at radius 3 is 2.57 bits per heavy atom. The summed E-state index contributed by atoms with van der Waals surface area (Å²) in [6.07, 6.45) is 6.30. The van der Waals surface area contributed by atoms with Crippen LogP contribution in [0.15, 0.2) is 59.3 Å². The van der Waals surface area contributed by atoms with Gasteiger partial charge < -0.3 is 9.64 Å². The molecule has 37 heavy (non-hydrogen) atoms. The largest absolute Gasteiger partial charge is 0.468 e. The summed E-state index contributed by atoms with van der Waals surface area (Å²) in [6, 6.07) is 9.20. The number of anilines is 1. The van der Waals surface area contributed by atoms with Gasteiger partial charge >= 0.3 is 5.97 Å². The Balaban J connectivity index is 1.44. The molecular weight excluding hydrogens is 497 g/mol. The zero-order valence-electron chi connectivity index (χ0n) is 20.2. The van der Waals surface area contributed by atoms with Crippen LogP contribution < -0.4 is 4.90 Å². The molecule has 3 aliphatic rings. The summed E-state index contributed by atoms with van der Waals surface area (Å²) in [7, 11) is -2.67. The van der Waals surface area contributed by atoms with E-state index in [1.807, 2.05) is 6.08 Å². The number of carbonyl (C=O) groups excluding carboxylic acids is 1. The topological polar surface area (TPSA) is 108 Å². The lowest BCUT2D eigenvalue weighted by atomic mass is 9.60. The van der Waals surface area contributed by atoms with E-state index >= 15 is 0 Å². The number of aromatic nitrogens is 3. The van der Waals surface area contributed by atoms with Gasteiger partial charge in [-0.3, -0.25) is 9.89 Å². The van der Waals surface area contributed by atoms with Crippen LogP contribution in [0.25, 0.3) is 6.08 Å². The lowest BCUT2D eigenvalue weighted by Gasteiger charge is -2.48. The number of H-pyrrole nitrogens is 1. The Labute approximate surface area is 214 Å². The predicted octanol–water partition coefficient (Wildman–Crippen LogP) is 2.94. The number of hydrogen-bond donors (Lipinski definition) is 1. The van der Waals surface area contributed by atoms with E-state index in [4.69, 9.17) is 4.74 Å². The molecule has 2 atom stereocenters. The molecule has 2 fully saturated rings. The van der Waals surface area contributed by atoms with Crippen LogP contribution >= 0.6 is 0 Å². The molecular formula is C26H26FN5O4S. The van der Waals surface area contributed by atoms with Crippen molar-refractivity contribution in [3.63, 3.8) is 0 Å². The van der Waals surface area contributed by atoms with Crippen LogP contribution in [0.2, 0.25) is 0 Å². The van der Waals surface area contributed by atoms with Crippen molar-refractivity contribution in [1.29, 1.82) is 0 Å². The summed E-state index contributed by atoms with van der Waals surface area (Å²) in [5, 5.41) is 7.15. The number of halogens is 1. The number of sulfonamides is 1. The van der Waals surface area contributed by atoms with Gasteiger partial charge in [-0.25, -0.2) is 17.8 Å². The van der Waals surface area contributed by atoms with Crippen molar-refractivity contribution in [3.05, 3.63) is 77.0 Å². The van der Waals surface area contributed by atoms with E-state index in [-0.39, 0.29) is 18.0 Å². The average molecular weight is 524 g/mol. The summed E-state index contributed by atoms with van der Waals surface area (Å²) in [4.78, 5) is 20.2. The summed E-state index contributed by atoms with van der Waals surface area (Å²) in [5.41, 5.74) is 1.54. The molecule has 0 saturated carbocycles. The third-order valence-electron chi connectivity index (χ3n) is 7.74. The van der Waals surface area contributed by atoms with Crippen molar-refractivity contribution < 1.29 is 22.3 Å². The van der Waals surface area contributed by atoms with Crippen LogP contribution in [-0.4, -0.2) is 67.2 Å². The summed E-state index contributed by atoms with van der Waals surface area (Å²) in [5.74, 6) is -0.835. The summed E-state index contributed by atoms with van der Waals surface area (Å²) >= 11 is 0. The highest BCUT2D eigenvalue weighted by molar-refractivity contribution is 7.89. The summed E-state index contributed by atoms with van der Waals surface area (Å²) < 4.78 is 48.1. The van der Waals surface area contributed by atoms with Crippen LogP contribution in [0.1, 0.15) is 35.6 Å². The molecule has 2 aromatic heterocycles. The zero-order chi connectivity index (χ0) is 25.8. The Bertz CT molecular complexity index is 1480. The van der Waals surface area contributed by atoms with Gasteiger partial charge in [-0.15, -0.1) is 0 Å². The molecule has 1 aliphatic carbocycles. The van der Waals surface area contributed by atoms with E-state index in [9.17, 15) is 17.6 Å². The molecule has 3 aromatic rings. The van der Waals surface area contributed by atoms with Crippen LogP contribution in [-0.2, 0) is 19.6 Å². The van der Waals surface area contributed by atoms with E-state index in [0.29, 0.717) is 12.0 Å². The van der Waals surface area contributed by atoms with Crippen molar-refractivity contribution in [2.24, 2.45) is 5.41 Å². The highest BCUT2D eigenvalue weighted by Crippen LogP contribution is 2.55. The van der Waals surface area contributed by atoms with Crippen LogP contribution in [0.5, 0.6) is 0 Å². The SMILES string of the molecule is COC(=O)[C@@]12CN(S(=O)(=O)c3ccc(N4CCC4)nc3)CCC1=Cc1[nH]ncc1C2c1ccc(F)cc1. The number of piperidine rings is 1. The number of nitrogens with one attached hydrogen (secondary N) is 1. The number of carbonyl (C=O) groups is 1. The quantitative estimate of drug-likeness (QED) is 0.512. The number of nitrogens with zero attached hydrogens (tertiary/aromatic N) is 4. The van der Waals surface area contributed by atoms with Gasteiger partial charge in [0.15, 0.2) is 0 Å². The molecule has 2 aliphatic heterocycles. The van der Waals surface area contributed by atoms with Crippen LogP contribution in [0.3, 0.4) is 0 Å². The normalized spacial score (nSPS) is 23.5. The first kappa shape index (κ1) is 23.8. The molecule has 11 heteroatoms. The number of rotatable bonds is 5. The maximum atomic E-state index is 13.8. The second-order valence-electron chi connectivity index (χ2n) is 9.64. The highest BCUT2D eigenvalue weighted by Gasteiger charge is 2.57. The Kier molecular flexibility index (Phi) is 5.64. The Morgan fingerprint density at radius 1 is 1.14 bits per heavy atom. The molecule has 0 bridgehead atoms. The van der Waals surface area contributed by atoms with E-state index in [1.165, 1.54) is 29.7 Å². The smallest absolute Gasteiger partial charge is 0.318 e. The van der Waals surface area contributed by atoms with Crippen molar-refractivity contribution in [3.8, 4) is 0 Å². The minimum atomic E-state index is -3.97. The first-order valence-electron chi connectivity index (χ1n) is 12.1. The average Bonchev–Trinajstić information content (AvgIpc) is 3.34. The standard InChI is InChI=1S/C26H26FN5O4S/c1-36-25(33)26-16-32(37(34,35)20-7-8-23(28-14-20)31-10-2-11-31)12-9-18(26)13-22-21(15-29-30-22)24(26)17-3-5-19(27)6-4-17/h3-8,13-15,24H,2,9-12,16H2,1H3,(H,29,30)/t24?,26-/m0/s1. The molecule has 4 heterocycles. The predicted molar refractivity (Wildman–Crippen MR) is 134 cm³/mol. The molecule has 6 rings (SSSR count). The van der Waals surface area contributed by atoms with E-state index in [0.717, 1.165) is 42.2 Å². The fourth-order valence-electron chi connectivity index (χ4n) is 5.72. The number of ether oxygens (including phenoxy) is 1. The van der Waals surface area contributed by atoms with Gasteiger partial charge in [0, 0.05) is 43.9 Å². The number of esters is 1. The number of aromatic amines is 1. The van der Waals surface area contributed by atoms with Crippen LogP contribution in [0.4, 0.5) is 10.2 Å². The molecule has 1 aromatic carbocycles. The third kappa shape index (κ3) is 3.67. The van der Waals surface area contributed by atoms with Gasteiger partial charge in [-0.1, -0.05) is 12.1 Å². The van der Waals surface area contributed by atoms with Gasteiger partial charge in [-0.05, 0) is 54.3 Å². The number of methoxy groups -OCH3 is 1. The minimum Gasteiger partial charge on any atom is -0.468 e. The monoisotopic (exact) mass is 523 g/mol. The van der Waals surface area contributed by atoms with Gasteiger partial charge in [0.25, 0.3) is 0 Å². The fraction of sp³-hybridized carbons (Fsp3) is 0.346. The molecule has 192 valence electrons. The maximum absolute atomic E-state index is 13.8. The van der Waals surface area contributed by atoms with Crippen molar-refractivity contribution in [2.45, 2.75) is 23.7 Å². The molecule has 0 amide bonds. The van der Waals surface area contributed by atoms with Crippen molar-refractivity contribution in [2.75, 3.05) is 38.2 Å². The fourth-order valence-corrected chi connectivity index (χ4v) is 7.15.